The molecule has 0 aliphatic carbocycles. The van der Waals surface area contributed by atoms with Crippen molar-refractivity contribution in [2.24, 2.45) is 27.2 Å². The number of hydrogen-bond donors (Lipinski definition) is 3. The molecule has 7 nitrogen and oxygen atoms in total. The van der Waals surface area contributed by atoms with Crippen LogP contribution in [0.25, 0.3) is 0 Å². The van der Waals surface area contributed by atoms with Crippen LogP contribution in [0.4, 0.5) is 5.69 Å². The Morgan fingerprint density at radius 3 is 2.55 bits per heavy atom. The molecule has 0 bridgehead atoms. The first-order valence-electron chi connectivity index (χ1n) is 5.75. The zero-order valence-corrected chi connectivity index (χ0v) is 10.6. The SMILES string of the molecule is NC(N)=NC(N)=Nc1cccc(Oc2cccnc2)c1. The first kappa shape index (κ1) is 13.3. The van der Waals surface area contributed by atoms with E-state index in [0.717, 1.165) is 0 Å². The fourth-order valence-electron chi connectivity index (χ4n) is 1.45. The molecule has 0 unspecified atom stereocenters. The first-order valence-corrected chi connectivity index (χ1v) is 5.75. The molecule has 0 spiro atoms. The standard InChI is InChI=1S/C13H14N6O/c14-12(15)19-13(16)18-9-3-1-4-10(7-9)20-11-5-2-6-17-8-11/h1-8H,(H6,14,15,16,18,19). The van der Waals surface area contributed by atoms with Gasteiger partial charge in [0.1, 0.15) is 11.5 Å². The van der Waals surface area contributed by atoms with E-state index in [0.29, 0.717) is 17.2 Å². The zero-order valence-electron chi connectivity index (χ0n) is 10.6. The van der Waals surface area contributed by atoms with E-state index in [-0.39, 0.29) is 11.9 Å². The van der Waals surface area contributed by atoms with Gasteiger partial charge in [0.05, 0.1) is 11.9 Å². The molecule has 7 heteroatoms. The second-order valence-electron chi connectivity index (χ2n) is 3.79. The van der Waals surface area contributed by atoms with Crippen molar-refractivity contribution in [1.82, 2.24) is 4.98 Å². The molecule has 1 aromatic carbocycles. The second-order valence-corrected chi connectivity index (χ2v) is 3.79. The van der Waals surface area contributed by atoms with Gasteiger partial charge in [0.2, 0.25) is 5.96 Å². The predicted octanol–water partition coefficient (Wildman–Crippen LogP) is 1.09. The van der Waals surface area contributed by atoms with Crippen LogP contribution in [0, 0.1) is 0 Å². The Kier molecular flexibility index (Phi) is 4.13. The number of aliphatic imine (C=N–C) groups is 2. The van der Waals surface area contributed by atoms with Crippen molar-refractivity contribution in [1.29, 1.82) is 0 Å². The lowest BCUT2D eigenvalue weighted by Gasteiger charge is -2.05. The number of rotatable bonds is 3. The molecule has 102 valence electrons. The van der Waals surface area contributed by atoms with E-state index in [1.807, 2.05) is 0 Å². The predicted molar refractivity (Wildman–Crippen MR) is 77.8 cm³/mol. The van der Waals surface area contributed by atoms with Crippen molar-refractivity contribution in [3.8, 4) is 11.5 Å². The van der Waals surface area contributed by atoms with Crippen LogP contribution in [0.1, 0.15) is 0 Å². The monoisotopic (exact) mass is 270 g/mol. The molecule has 0 saturated heterocycles. The van der Waals surface area contributed by atoms with Gasteiger partial charge in [-0.25, -0.2) is 4.99 Å². The summed E-state index contributed by atoms with van der Waals surface area (Å²) in [5.41, 5.74) is 16.6. The minimum absolute atomic E-state index is 0.0245. The van der Waals surface area contributed by atoms with Crippen molar-refractivity contribution in [2.75, 3.05) is 0 Å². The number of pyridine rings is 1. The second kappa shape index (κ2) is 6.19. The van der Waals surface area contributed by atoms with Crippen molar-refractivity contribution in [3.63, 3.8) is 0 Å². The average molecular weight is 270 g/mol. The van der Waals surface area contributed by atoms with E-state index in [1.54, 1.807) is 48.8 Å². The lowest BCUT2D eigenvalue weighted by Crippen LogP contribution is -2.26. The van der Waals surface area contributed by atoms with Gasteiger partial charge in [-0.1, -0.05) is 6.07 Å². The Labute approximate surface area is 115 Å². The van der Waals surface area contributed by atoms with Crippen molar-refractivity contribution in [2.45, 2.75) is 0 Å². The number of ether oxygens (including phenoxy) is 1. The topological polar surface area (TPSA) is 125 Å². The maximum Gasteiger partial charge on any atom is 0.223 e. The van der Waals surface area contributed by atoms with Crippen LogP contribution in [0.3, 0.4) is 0 Å². The maximum absolute atomic E-state index is 5.62. The molecular weight excluding hydrogens is 256 g/mol. The third-order valence-electron chi connectivity index (χ3n) is 2.18. The smallest absolute Gasteiger partial charge is 0.223 e. The summed E-state index contributed by atoms with van der Waals surface area (Å²) < 4.78 is 5.62. The molecule has 0 saturated carbocycles. The van der Waals surface area contributed by atoms with E-state index >= 15 is 0 Å². The van der Waals surface area contributed by atoms with Gasteiger partial charge in [-0.3, -0.25) is 4.98 Å². The van der Waals surface area contributed by atoms with E-state index in [1.165, 1.54) is 0 Å². The number of hydrogen-bond acceptors (Lipinski definition) is 3. The summed E-state index contributed by atoms with van der Waals surface area (Å²) in [6.07, 6.45) is 3.28. The van der Waals surface area contributed by atoms with E-state index in [9.17, 15) is 0 Å². The molecule has 0 radical (unpaired) electrons. The molecule has 0 atom stereocenters. The number of guanidine groups is 2. The highest BCUT2D eigenvalue weighted by molar-refractivity contribution is 5.93. The van der Waals surface area contributed by atoms with Crippen LogP contribution in [0.2, 0.25) is 0 Å². The third-order valence-corrected chi connectivity index (χ3v) is 2.18. The number of aromatic nitrogens is 1. The summed E-state index contributed by atoms with van der Waals surface area (Å²) in [6.45, 7) is 0. The highest BCUT2D eigenvalue weighted by atomic mass is 16.5. The molecule has 2 aromatic rings. The summed E-state index contributed by atoms with van der Waals surface area (Å²) in [5.74, 6) is 1.07. The van der Waals surface area contributed by atoms with Gasteiger partial charge in [0.15, 0.2) is 5.96 Å². The average Bonchev–Trinajstić information content (AvgIpc) is 2.39. The van der Waals surface area contributed by atoms with E-state index in [4.69, 9.17) is 21.9 Å². The summed E-state index contributed by atoms with van der Waals surface area (Å²) in [7, 11) is 0. The largest absolute Gasteiger partial charge is 0.456 e. The highest BCUT2D eigenvalue weighted by Crippen LogP contribution is 2.24. The number of nitrogens with two attached hydrogens (primary N) is 3. The molecule has 0 fully saturated rings. The fourth-order valence-corrected chi connectivity index (χ4v) is 1.45. The Morgan fingerprint density at radius 1 is 1.05 bits per heavy atom. The van der Waals surface area contributed by atoms with Gasteiger partial charge in [-0.15, -0.1) is 0 Å². The van der Waals surface area contributed by atoms with Crippen LogP contribution in [0.15, 0.2) is 58.8 Å². The van der Waals surface area contributed by atoms with Crippen molar-refractivity contribution in [3.05, 3.63) is 48.8 Å². The summed E-state index contributed by atoms with van der Waals surface area (Å²) in [4.78, 5) is 11.7. The summed E-state index contributed by atoms with van der Waals surface area (Å²) in [5, 5.41) is 0. The Hall–Kier alpha value is -3.09. The summed E-state index contributed by atoms with van der Waals surface area (Å²) in [6, 6.07) is 10.6. The molecule has 0 aliphatic heterocycles. The minimum atomic E-state index is -0.144. The third kappa shape index (κ3) is 3.98. The van der Waals surface area contributed by atoms with Gasteiger partial charge in [-0.2, -0.15) is 4.99 Å². The number of nitrogens with zero attached hydrogens (tertiary/aromatic N) is 3. The Balaban J connectivity index is 2.18. The molecule has 1 heterocycles. The summed E-state index contributed by atoms with van der Waals surface area (Å²) >= 11 is 0. The van der Waals surface area contributed by atoms with Crippen LogP contribution in [-0.4, -0.2) is 16.9 Å². The Morgan fingerprint density at radius 2 is 1.85 bits per heavy atom. The maximum atomic E-state index is 5.62. The molecule has 0 aliphatic rings. The normalized spacial score (nSPS) is 10.9. The van der Waals surface area contributed by atoms with Gasteiger partial charge >= 0.3 is 0 Å². The van der Waals surface area contributed by atoms with Crippen molar-refractivity contribution >= 4 is 17.6 Å². The van der Waals surface area contributed by atoms with E-state index in [2.05, 4.69) is 15.0 Å². The van der Waals surface area contributed by atoms with Crippen LogP contribution in [0.5, 0.6) is 11.5 Å². The molecule has 20 heavy (non-hydrogen) atoms. The van der Waals surface area contributed by atoms with Crippen LogP contribution < -0.4 is 21.9 Å². The van der Waals surface area contributed by atoms with Gasteiger partial charge < -0.3 is 21.9 Å². The van der Waals surface area contributed by atoms with Crippen molar-refractivity contribution < 1.29 is 4.74 Å². The van der Waals surface area contributed by atoms with Gasteiger partial charge in [0.25, 0.3) is 0 Å². The van der Waals surface area contributed by atoms with Crippen LogP contribution >= 0.6 is 0 Å². The first-order chi connectivity index (χ1) is 9.63. The van der Waals surface area contributed by atoms with Gasteiger partial charge in [0, 0.05) is 12.3 Å². The lowest BCUT2D eigenvalue weighted by atomic mass is 10.3. The Bertz CT molecular complexity index is 634. The quantitative estimate of drug-likeness (QED) is 0.568. The fraction of sp³-hybridized carbons (Fsp3) is 0. The zero-order chi connectivity index (χ0) is 14.4. The minimum Gasteiger partial charge on any atom is -0.456 e. The molecule has 1 aromatic heterocycles. The van der Waals surface area contributed by atoms with Crippen LogP contribution in [-0.2, 0) is 0 Å². The molecular formula is C13H14N6O. The van der Waals surface area contributed by atoms with E-state index < -0.39 is 0 Å². The molecule has 2 rings (SSSR count). The lowest BCUT2D eigenvalue weighted by molar-refractivity contribution is 0.480. The molecule has 0 amide bonds. The molecule has 6 N–H and O–H groups in total. The number of benzene rings is 1. The van der Waals surface area contributed by atoms with Gasteiger partial charge in [-0.05, 0) is 24.3 Å². The highest BCUT2D eigenvalue weighted by Gasteiger charge is 1.99.